The van der Waals surface area contributed by atoms with E-state index in [2.05, 4.69) is 5.32 Å². The Morgan fingerprint density at radius 3 is 2.61 bits per heavy atom. The molecule has 1 aromatic carbocycles. The van der Waals surface area contributed by atoms with Gasteiger partial charge in [0.05, 0.1) is 5.69 Å². The summed E-state index contributed by atoms with van der Waals surface area (Å²) < 4.78 is 1.56. The predicted octanol–water partition coefficient (Wildman–Crippen LogP) is 1.07. The smallest absolute Gasteiger partial charge is 0.244 e. The number of aromatic nitrogens is 1. The molecule has 5 nitrogen and oxygen atoms in total. The lowest BCUT2D eigenvalue weighted by molar-refractivity contribution is -0.116. The number of amides is 1. The Labute approximate surface area is 104 Å². The van der Waals surface area contributed by atoms with E-state index < -0.39 is 0 Å². The third kappa shape index (κ3) is 2.98. The number of nitrogens with zero attached hydrogens (tertiary/aromatic N) is 1. The van der Waals surface area contributed by atoms with Crippen LogP contribution < -0.4 is 16.5 Å². The number of nitrogen functional groups attached to an aromatic ring is 1. The minimum absolute atomic E-state index is 0.110. The standard InChI is InChI=1S/C13H13N3O2/c14-11-8-16(7-6-12(11)17)9-13(18)15-10-4-2-1-3-5-10/h1-8H,9,14H2,(H,15,18). The van der Waals surface area contributed by atoms with E-state index in [0.29, 0.717) is 0 Å². The topological polar surface area (TPSA) is 77.1 Å². The molecular weight excluding hydrogens is 230 g/mol. The molecule has 18 heavy (non-hydrogen) atoms. The van der Waals surface area contributed by atoms with Crippen molar-refractivity contribution in [3.8, 4) is 0 Å². The van der Waals surface area contributed by atoms with E-state index in [1.807, 2.05) is 18.2 Å². The van der Waals surface area contributed by atoms with Gasteiger partial charge in [0.15, 0.2) is 0 Å². The molecule has 2 rings (SSSR count). The van der Waals surface area contributed by atoms with Crippen molar-refractivity contribution < 1.29 is 4.79 Å². The molecule has 2 aromatic rings. The van der Waals surface area contributed by atoms with Gasteiger partial charge in [-0.3, -0.25) is 9.59 Å². The van der Waals surface area contributed by atoms with Crippen molar-refractivity contribution in [1.82, 2.24) is 4.57 Å². The van der Waals surface area contributed by atoms with Crippen LogP contribution in [-0.2, 0) is 11.3 Å². The highest BCUT2D eigenvalue weighted by atomic mass is 16.2. The van der Waals surface area contributed by atoms with E-state index in [4.69, 9.17) is 5.73 Å². The molecule has 3 N–H and O–H groups in total. The number of hydrogen-bond acceptors (Lipinski definition) is 3. The molecule has 0 unspecified atom stereocenters. The average Bonchev–Trinajstić information content (AvgIpc) is 2.35. The Kier molecular flexibility index (Phi) is 3.43. The first-order valence-corrected chi connectivity index (χ1v) is 5.45. The summed E-state index contributed by atoms with van der Waals surface area (Å²) >= 11 is 0. The molecule has 92 valence electrons. The number of rotatable bonds is 3. The Bertz CT molecular complexity index is 605. The summed E-state index contributed by atoms with van der Waals surface area (Å²) in [7, 11) is 0. The molecule has 0 atom stereocenters. The maximum atomic E-state index is 11.7. The van der Waals surface area contributed by atoms with Gasteiger partial charge < -0.3 is 15.6 Å². The fourth-order valence-corrected chi connectivity index (χ4v) is 1.53. The lowest BCUT2D eigenvalue weighted by Gasteiger charge is -2.08. The number of carbonyl (C=O) groups is 1. The van der Waals surface area contributed by atoms with Crippen molar-refractivity contribution in [1.29, 1.82) is 0 Å². The highest BCUT2D eigenvalue weighted by molar-refractivity contribution is 5.90. The van der Waals surface area contributed by atoms with Gasteiger partial charge in [-0.1, -0.05) is 18.2 Å². The quantitative estimate of drug-likeness (QED) is 0.846. The molecule has 0 spiro atoms. The van der Waals surface area contributed by atoms with Gasteiger partial charge in [-0.05, 0) is 12.1 Å². The fourth-order valence-electron chi connectivity index (χ4n) is 1.53. The molecule has 0 aliphatic carbocycles. The normalized spacial score (nSPS) is 10.0. The Morgan fingerprint density at radius 2 is 1.94 bits per heavy atom. The Balaban J connectivity index is 2.03. The zero-order chi connectivity index (χ0) is 13.0. The van der Waals surface area contributed by atoms with E-state index in [-0.39, 0.29) is 23.6 Å². The number of nitrogens with two attached hydrogens (primary N) is 1. The second kappa shape index (κ2) is 5.18. The minimum atomic E-state index is -0.241. The minimum Gasteiger partial charge on any atom is -0.394 e. The van der Waals surface area contributed by atoms with Gasteiger partial charge in [0.1, 0.15) is 6.54 Å². The zero-order valence-corrected chi connectivity index (χ0v) is 9.67. The van der Waals surface area contributed by atoms with Gasteiger partial charge in [-0.15, -0.1) is 0 Å². The van der Waals surface area contributed by atoms with Crippen molar-refractivity contribution >= 4 is 17.3 Å². The van der Waals surface area contributed by atoms with E-state index >= 15 is 0 Å². The molecule has 0 bridgehead atoms. The number of para-hydroxylation sites is 1. The SMILES string of the molecule is Nc1cn(CC(=O)Nc2ccccc2)ccc1=O. The van der Waals surface area contributed by atoms with Crippen LogP contribution in [0.4, 0.5) is 11.4 Å². The first-order chi connectivity index (χ1) is 8.65. The average molecular weight is 243 g/mol. The number of nitrogens with one attached hydrogen (secondary N) is 1. The lowest BCUT2D eigenvalue weighted by atomic mass is 10.3. The molecule has 5 heteroatoms. The van der Waals surface area contributed by atoms with Gasteiger partial charge in [-0.2, -0.15) is 0 Å². The fraction of sp³-hybridized carbons (Fsp3) is 0.0769. The Morgan fingerprint density at radius 1 is 1.22 bits per heavy atom. The predicted molar refractivity (Wildman–Crippen MR) is 70.2 cm³/mol. The van der Waals surface area contributed by atoms with Crippen LogP contribution in [0.5, 0.6) is 0 Å². The third-order valence-electron chi connectivity index (χ3n) is 2.39. The monoisotopic (exact) mass is 243 g/mol. The van der Waals surface area contributed by atoms with Crippen LogP contribution in [0.15, 0.2) is 53.6 Å². The number of pyridine rings is 1. The first kappa shape index (κ1) is 11.9. The van der Waals surface area contributed by atoms with Crippen molar-refractivity contribution in [2.75, 3.05) is 11.1 Å². The second-order valence-electron chi connectivity index (χ2n) is 3.85. The van der Waals surface area contributed by atoms with Crippen molar-refractivity contribution in [3.05, 3.63) is 59.0 Å². The number of carbonyl (C=O) groups excluding carboxylic acids is 1. The molecule has 0 radical (unpaired) electrons. The third-order valence-corrected chi connectivity index (χ3v) is 2.39. The summed E-state index contributed by atoms with van der Waals surface area (Å²) in [4.78, 5) is 22.8. The molecule has 0 saturated heterocycles. The van der Waals surface area contributed by atoms with Crippen molar-refractivity contribution in [2.45, 2.75) is 6.54 Å². The molecular formula is C13H13N3O2. The van der Waals surface area contributed by atoms with Crippen LogP contribution in [0.25, 0.3) is 0 Å². The van der Waals surface area contributed by atoms with Gasteiger partial charge in [0.25, 0.3) is 0 Å². The van der Waals surface area contributed by atoms with E-state index in [0.717, 1.165) is 5.69 Å². The maximum absolute atomic E-state index is 11.7. The largest absolute Gasteiger partial charge is 0.394 e. The number of hydrogen-bond donors (Lipinski definition) is 2. The molecule has 0 aliphatic rings. The van der Waals surface area contributed by atoms with Crippen LogP contribution in [0.2, 0.25) is 0 Å². The van der Waals surface area contributed by atoms with E-state index in [1.54, 1.807) is 16.7 Å². The highest BCUT2D eigenvalue weighted by Crippen LogP contribution is 2.05. The van der Waals surface area contributed by atoms with Crippen LogP contribution in [0.1, 0.15) is 0 Å². The molecule has 0 aliphatic heterocycles. The van der Waals surface area contributed by atoms with Gasteiger partial charge in [0, 0.05) is 24.1 Å². The van der Waals surface area contributed by atoms with Crippen molar-refractivity contribution in [2.24, 2.45) is 0 Å². The van der Waals surface area contributed by atoms with Crippen LogP contribution in [0.3, 0.4) is 0 Å². The number of benzene rings is 1. The summed E-state index contributed by atoms with van der Waals surface area (Å²) in [5.74, 6) is -0.177. The van der Waals surface area contributed by atoms with Crippen LogP contribution in [0, 0.1) is 0 Å². The van der Waals surface area contributed by atoms with E-state index in [9.17, 15) is 9.59 Å². The van der Waals surface area contributed by atoms with Crippen LogP contribution >= 0.6 is 0 Å². The van der Waals surface area contributed by atoms with Gasteiger partial charge >= 0.3 is 0 Å². The molecule has 0 saturated carbocycles. The second-order valence-corrected chi connectivity index (χ2v) is 3.85. The highest BCUT2D eigenvalue weighted by Gasteiger charge is 2.03. The van der Waals surface area contributed by atoms with Gasteiger partial charge in [-0.25, -0.2) is 0 Å². The lowest BCUT2D eigenvalue weighted by Crippen LogP contribution is -2.20. The Hall–Kier alpha value is -2.56. The van der Waals surface area contributed by atoms with Crippen molar-refractivity contribution in [3.63, 3.8) is 0 Å². The summed E-state index contributed by atoms with van der Waals surface area (Å²) in [6.07, 6.45) is 2.98. The van der Waals surface area contributed by atoms with Gasteiger partial charge in [0.2, 0.25) is 11.3 Å². The molecule has 1 aromatic heterocycles. The molecule has 0 fully saturated rings. The first-order valence-electron chi connectivity index (χ1n) is 5.45. The number of anilines is 2. The molecule has 1 amide bonds. The van der Waals surface area contributed by atoms with E-state index in [1.165, 1.54) is 18.5 Å². The molecule has 1 heterocycles. The summed E-state index contributed by atoms with van der Waals surface area (Å²) in [5.41, 5.74) is 6.11. The van der Waals surface area contributed by atoms with Crippen LogP contribution in [-0.4, -0.2) is 10.5 Å². The summed E-state index contributed by atoms with van der Waals surface area (Å²) in [5, 5.41) is 2.75. The zero-order valence-electron chi connectivity index (χ0n) is 9.67. The summed E-state index contributed by atoms with van der Waals surface area (Å²) in [6, 6.07) is 10.5. The summed E-state index contributed by atoms with van der Waals surface area (Å²) in [6.45, 7) is 0.110. The maximum Gasteiger partial charge on any atom is 0.244 e.